The van der Waals surface area contributed by atoms with E-state index in [0.29, 0.717) is 0 Å². The lowest BCUT2D eigenvalue weighted by Gasteiger charge is -1.74. The summed E-state index contributed by atoms with van der Waals surface area (Å²) >= 11 is 0. The molecule has 0 spiro atoms. The van der Waals surface area contributed by atoms with Crippen molar-refractivity contribution in [2.75, 3.05) is 0 Å². The number of rotatable bonds is 4. The predicted octanol–water partition coefficient (Wildman–Crippen LogP) is 1.81. The lowest BCUT2D eigenvalue weighted by atomic mass is 10.5. The highest BCUT2D eigenvalue weighted by Crippen LogP contribution is 1.76. The molecule has 0 heterocycles. The fraction of sp³-hybridized carbons (Fsp3) is 0.143. The van der Waals surface area contributed by atoms with Crippen LogP contribution in [-0.2, 0) is 0 Å². The van der Waals surface area contributed by atoms with Gasteiger partial charge in [0.05, 0.1) is 0 Å². The van der Waals surface area contributed by atoms with E-state index < -0.39 is 0 Å². The SMILES string of the molecule is C=CCC=N/C=C\N=C. The van der Waals surface area contributed by atoms with E-state index in [1.165, 1.54) is 6.20 Å². The Bertz CT molecular complexity index is 134. The van der Waals surface area contributed by atoms with Crippen molar-refractivity contribution < 1.29 is 0 Å². The van der Waals surface area contributed by atoms with Crippen molar-refractivity contribution in [3.63, 3.8) is 0 Å². The van der Waals surface area contributed by atoms with E-state index in [1.807, 2.05) is 0 Å². The molecule has 0 rings (SSSR count). The van der Waals surface area contributed by atoms with E-state index in [-0.39, 0.29) is 0 Å². The number of hydrogen-bond donors (Lipinski definition) is 0. The topological polar surface area (TPSA) is 24.7 Å². The van der Waals surface area contributed by atoms with Gasteiger partial charge in [-0.15, -0.1) is 6.58 Å². The van der Waals surface area contributed by atoms with Gasteiger partial charge in [-0.1, -0.05) is 6.08 Å². The molecular formula is C7H10N2. The maximum Gasteiger partial charge on any atom is 0.0446 e. The first-order valence-electron chi connectivity index (χ1n) is 2.65. The first-order chi connectivity index (χ1) is 4.41. The molecule has 0 saturated heterocycles. The van der Waals surface area contributed by atoms with Crippen LogP contribution in [0.3, 0.4) is 0 Å². The Labute approximate surface area is 55.3 Å². The minimum absolute atomic E-state index is 0.793. The van der Waals surface area contributed by atoms with Gasteiger partial charge >= 0.3 is 0 Å². The van der Waals surface area contributed by atoms with Gasteiger partial charge in [0.2, 0.25) is 0 Å². The van der Waals surface area contributed by atoms with Gasteiger partial charge in [0.15, 0.2) is 0 Å². The van der Waals surface area contributed by atoms with Crippen molar-refractivity contribution >= 4 is 12.9 Å². The van der Waals surface area contributed by atoms with Gasteiger partial charge in [0.1, 0.15) is 0 Å². The minimum Gasteiger partial charge on any atom is -0.271 e. The van der Waals surface area contributed by atoms with E-state index in [0.717, 1.165) is 6.42 Å². The van der Waals surface area contributed by atoms with Crippen molar-refractivity contribution in [1.82, 2.24) is 0 Å². The highest BCUT2D eigenvalue weighted by atomic mass is 14.7. The summed E-state index contributed by atoms with van der Waals surface area (Å²) in [6.45, 7) is 6.77. The lowest BCUT2D eigenvalue weighted by Crippen LogP contribution is -1.64. The zero-order chi connectivity index (χ0) is 6.95. The highest BCUT2D eigenvalue weighted by molar-refractivity contribution is 5.59. The summed E-state index contributed by atoms with van der Waals surface area (Å²) in [7, 11) is 0. The van der Waals surface area contributed by atoms with E-state index in [2.05, 4.69) is 23.3 Å². The third-order valence-corrected chi connectivity index (χ3v) is 0.636. The average Bonchev–Trinajstić information content (AvgIpc) is 1.89. The molecule has 2 nitrogen and oxygen atoms in total. The first kappa shape index (κ1) is 7.82. The normalized spacial score (nSPS) is 10.7. The van der Waals surface area contributed by atoms with Crippen molar-refractivity contribution in [2.45, 2.75) is 6.42 Å². The molecular weight excluding hydrogens is 112 g/mol. The van der Waals surface area contributed by atoms with Crippen LogP contribution < -0.4 is 0 Å². The fourth-order valence-corrected chi connectivity index (χ4v) is 0.282. The summed E-state index contributed by atoms with van der Waals surface area (Å²) in [5.41, 5.74) is 0. The zero-order valence-corrected chi connectivity index (χ0v) is 5.33. The molecule has 0 aromatic rings. The Hall–Kier alpha value is -1.18. The molecule has 0 aliphatic carbocycles. The fourth-order valence-electron chi connectivity index (χ4n) is 0.282. The molecule has 0 amide bonds. The number of aliphatic imine (C=N–C) groups is 2. The van der Waals surface area contributed by atoms with Gasteiger partial charge < -0.3 is 0 Å². The van der Waals surface area contributed by atoms with Crippen LogP contribution in [0.1, 0.15) is 6.42 Å². The maximum absolute atomic E-state index is 3.84. The van der Waals surface area contributed by atoms with E-state index >= 15 is 0 Å². The predicted molar refractivity (Wildman–Crippen MR) is 42.0 cm³/mol. The van der Waals surface area contributed by atoms with Crippen molar-refractivity contribution in [3.05, 3.63) is 25.1 Å². The Morgan fingerprint density at radius 3 is 2.67 bits per heavy atom. The molecule has 0 aromatic carbocycles. The molecule has 9 heavy (non-hydrogen) atoms. The molecule has 0 unspecified atom stereocenters. The summed E-state index contributed by atoms with van der Waals surface area (Å²) < 4.78 is 0. The summed E-state index contributed by atoms with van der Waals surface area (Å²) in [5, 5.41) is 0. The van der Waals surface area contributed by atoms with Crippen LogP contribution in [0, 0.1) is 0 Å². The molecule has 0 aliphatic heterocycles. The molecule has 0 atom stereocenters. The number of nitrogens with zero attached hydrogens (tertiary/aromatic N) is 2. The van der Waals surface area contributed by atoms with Crippen molar-refractivity contribution in [2.24, 2.45) is 9.98 Å². The van der Waals surface area contributed by atoms with Gasteiger partial charge in [-0.25, -0.2) is 0 Å². The highest BCUT2D eigenvalue weighted by Gasteiger charge is 1.63. The van der Waals surface area contributed by atoms with Crippen molar-refractivity contribution in [1.29, 1.82) is 0 Å². The van der Waals surface area contributed by atoms with Crippen LogP contribution in [0.2, 0.25) is 0 Å². The largest absolute Gasteiger partial charge is 0.271 e. The summed E-state index contributed by atoms with van der Waals surface area (Å²) in [6, 6.07) is 0. The maximum atomic E-state index is 3.84. The number of hydrogen-bond acceptors (Lipinski definition) is 2. The second-order valence-electron chi connectivity index (χ2n) is 1.34. The Morgan fingerprint density at radius 1 is 1.33 bits per heavy atom. The van der Waals surface area contributed by atoms with Gasteiger partial charge in [-0.05, 0) is 6.72 Å². The summed E-state index contributed by atoms with van der Waals surface area (Å²) in [4.78, 5) is 7.30. The van der Waals surface area contributed by atoms with Crippen LogP contribution in [0.5, 0.6) is 0 Å². The van der Waals surface area contributed by atoms with Gasteiger partial charge in [-0.3, -0.25) is 9.98 Å². The van der Waals surface area contributed by atoms with Crippen LogP contribution in [0.15, 0.2) is 35.0 Å². The van der Waals surface area contributed by atoms with Gasteiger partial charge in [0, 0.05) is 25.0 Å². The third-order valence-electron chi connectivity index (χ3n) is 0.636. The molecule has 0 aliphatic rings. The molecule has 0 radical (unpaired) electrons. The quantitative estimate of drug-likeness (QED) is 0.401. The molecule has 2 heteroatoms. The first-order valence-corrected chi connectivity index (χ1v) is 2.65. The second-order valence-corrected chi connectivity index (χ2v) is 1.34. The van der Waals surface area contributed by atoms with E-state index in [1.54, 1.807) is 18.5 Å². The smallest absolute Gasteiger partial charge is 0.0446 e. The van der Waals surface area contributed by atoms with Crippen LogP contribution >= 0.6 is 0 Å². The van der Waals surface area contributed by atoms with Crippen LogP contribution in [-0.4, -0.2) is 12.9 Å². The van der Waals surface area contributed by atoms with Crippen molar-refractivity contribution in [3.8, 4) is 0 Å². The monoisotopic (exact) mass is 122 g/mol. The number of allylic oxidation sites excluding steroid dienone is 1. The summed E-state index contributed by atoms with van der Waals surface area (Å²) in [5.74, 6) is 0. The van der Waals surface area contributed by atoms with Gasteiger partial charge in [0.25, 0.3) is 0 Å². The zero-order valence-electron chi connectivity index (χ0n) is 5.33. The van der Waals surface area contributed by atoms with E-state index in [9.17, 15) is 0 Å². The third kappa shape index (κ3) is 6.82. The second kappa shape index (κ2) is 6.82. The molecule has 0 N–H and O–H groups in total. The van der Waals surface area contributed by atoms with Crippen LogP contribution in [0.4, 0.5) is 0 Å². The minimum atomic E-state index is 0.793. The standard InChI is InChI=1S/C7H10N2/c1-3-4-5-9-7-6-8-2/h3,5-7H,1-2,4H2/b7-6-,9-5?. The average molecular weight is 122 g/mol. The van der Waals surface area contributed by atoms with Crippen LogP contribution in [0.25, 0.3) is 0 Å². The summed E-state index contributed by atoms with van der Waals surface area (Å²) in [6.07, 6.45) is 7.42. The molecule has 0 aromatic heterocycles. The molecule has 0 saturated carbocycles. The molecule has 48 valence electrons. The molecule has 0 bridgehead atoms. The Kier molecular flexibility index (Phi) is 5.93. The Morgan fingerprint density at radius 2 is 2.11 bits per heavy atom. The van der Waals surface area contributed by atoms with E-state index in [4.69, 9.17) is 0 Å². The van der Waals surface area contributed by atoms with Gasteiger partial charge in [-0.2, -0.15) is 0 Å². The molecule has 0 fully saturated rings. The lowest BCUT2D eigenvalue weighted by molar-refractivity contribution is 1.45. The Balaban J connectivity index is 3.33.